The van der Waals surface area contributed by atoms with E-state index < -0.39 is 10.1 Å². The monoisotopic (exact) mass is 323 g/mol. The largest absolute Gasteiger partial charge is 0.328 e. The molecule has 0 spiro atoms. The minimum absolute atomic E-state index is 0.123. The quantitative estimate of drug-likeness (QED) is 0.321. The van der Waals surface area contributed by atoms with Crippen LogP contribution >= 0.6 is 0 Å². The first-order valence-electron chi connectivity index (χ1n) is 8.12. The lowest BCUT2D eigenvalue weighted by Crippen LogP contribution is -2.42. The molecule has 0 radical (unpaired) electrons. The van der Waals surface area contributed by atoms with Gasteiger partial charge in [0.15, 0.2) is 0 Å². The molecule has 0 aromatic rings. The molecule has 0 saturated carbocycles. The van der Waals surface area contributed by atoms with E-state index in [0.717, 1.165) is 30.4 Å². The summed E-state index contributed by atoms with van der Waals surface area (Å²) in [5.74, 6) is -0.123. The first-order valence-corrected chi connectivity index (χ1v) is 9.73. The summed E-state index contributed by atoms with van der Waals surface area (Å²) in [7, 11) is 2.87. The molecule has 0 aliphatic rings. The van der Waals surface area contributed by atoms with Crippen molar-refractivity contribution in [1.82, 2.24) is 4.90 Å². The summed E-state index contributed by atoms with van der Waals surface area (Å²) < 4.78 is 31.0. The fraction of sp³-hybridized carbons (Fsp3) is 1.00. The van der Waals surface area contributed by atoms with Crippen molar-refractivity contribution >= 4 is 10.1 Å². The van der Waals surface area contributed by atoms with Gasteiger partial charge in [-0.25, -0.2) is 0 Å². The van der Waals surface area contributed by atoms with Gasteiger partial charge in [-0.3, -0.25) is 4.55 Å². The van der Waals surface area contributed by atoms with Crippen molar-refractivity contribution < 1.29 is 17.5 Å². The van der Waals surface area contributed by atoms with E-state index in [9.17, 15) is 8.42 Å². The predicted octanol–water partition coefficient (Wildman–Crippen LogP) is 2.24. The van der Waals surface area contributed by atoms with Crippen LogP contribution in [-0.4, -0.2) is 75.4 Å². The topological polar surface area (TPSA) is 57.6 Å². The number of nitrogens with zero attached hydrogens (tertiary/aromatic N) is 2. The second-order valence-electron chi connectivity index (χ2n) is 6.74. The highest BCUT2D eigenvalue weighted by Crippen LogP contribution is 2.06. The lowest BCUT2D eigenvalue weighted by molar-refractivity contribution is -0.890. The van der Waals surface area contributed by atoms with Crippen LogP contribution in [0.25, 0.3) is 0 Å². The Labute approximate surface area is 131 Å². The molecule has 0 atom stereocenters. The zero-order valence-corrected chi connectivity index (χ0v) is 15.2. The summed E-state index contributed by atoms with van der Waals surface area (Å²) in [6.07, 6.45) is 6.39. The second kappa shape index (κ2) is 10.5. The zero-order valence-electron chi connectivity index (χ0n) is 14.3. The van der Waals surface area contributed by atoms with Crippen molar-refractivity contribution in [2.45, 2.75) is 45.4 Å². The molecule has 0 rings (SSSR count). The third-order valence-electron chi connectivity index (χ3n) is 3.86. The molecule has 0 fully saturated rings. The van der Waals surface area contributed by atoms with Crippen LogP contribution in [0.3, 0.4) is 0 Å². The maximum atomic E-state index is 10.6. The van der Waals surface area contributed by atoms with Crippen LogP contribution in [0.2, 0.25) is 0 Å². The highest BCUT2D eigenvalue weighted by molar-refractivity contribution is 7.85. The first-order chi connectivity index (χ1) is 9.66. The molecule has 5 nitrogen and oxygen atoms in total. The minimum atomic E-state index is -3.79. The first kappa shape index (κ1) is 20.8. The highest BCUT2D eigenvalue weighted by Gasteiger charge is 2.14. The molecule has 0 aliphatic carbocycles. The summed E-state index contributed by atoms with van der Waals surface area (Å²) >= 11 is 0. The molecule has 21 heavy (non-hydrogen) atoms. The third-order valence-corrected chi connectivity index (χ3v) is 4.67. The Morgan fingerprint density at radius 3 is 2.10 bits per heavy atom. The fourth-order valence-electron chi connectivity index (χ4n) is 2.45. The number of hydrogen-bond acceptors (Lipinski definition) is 3. The van der Waals surface area contributed by atoms with Gasteiger partial charge in [-0.2, -0.15) is 8.42 Å². The minimum Gasteiger partial charge on any atom is -0.328 e. The summed E-state index contributed by atoms with van der Waals surface area (Å²) in [6, 6.07) is 0. The second-order valence-corrected chi connectivity index (χ2v) is 8.31. The average Bonchev–Trinajstić information content (AvgIpc) is 2.33. The number of quaternary nitrogens is 1. The van der Waals surface area contributed by atoms with Crippen LogP contribution in [0, 0.1) is 0 Å². The van der Waals surface area contributed by atoms with E-state index in [-0.39, 0.29) is 5.75 Å². The van der Waals surface area contributed by atoms with Gasteiger partial charge in [0.25, 0.3) is 10.1 Å². The Morgan fingerprint density at radius 2 is 1.52 bits per heavy atom. The van der Waals surface area contributed by atoms with Gasteiger partial charge in [0.1, 0.15) is 0 Å². The molecule has 0 saturated heterocycles. The normalized spacial score (nSPS) is 13.0. The molecule has 1 N–H and O–H groups in total. The van der Waals surface area contributed by atoms with Crippen molar-refractivity contribution in [2.75, 3.05) is 53.1 Å². The van der Waals surface area contributed by atoms with Gasteiger partial charge in [0, 0.05) is 13.0 Å². The van der Waals surface area contributed by atoms with Gasteiger partial charge in [-0.1, -0.05) is 13.3 Å². The van der Waals surface area contributed by atoms with E-state index in [1.54, 1.807) is 0 Å². The molecule has 0 unspecified atom stereocenters. The van der Waals surface area contributed by atoms with E-state index >= 15 is 0 Å². The molecular formula is C15H35N2O3S+. The van der Waals surface area contributed by atoms with Crippen molar-refractivity contribution in [3.63, 3.8) is 0 Å². The van der Waals surface area contributed by atoms with E-state index in [1.165, 1.54) is 32.4 Å². The SMILES string of the molecule is CCCCC[N+](C)(C)CCCN(C)CCCCS(=O)(=O)O. The maximum absolute atomic E-state index is 10.6. The van der Waals surface area contributed by atoms with Crippen LogP contribution in [-0.2, 0) is 10.1 Å². The summed E-state index contributed by atoms with van der Waals surface area (Å²) in [5.41, 5.74) is 0. The molecule has 0 heterocycles. The van der Waals surface area contributed by atoms with Crippen LogP contribution in [0.1, 0.15) is 45.4 Å². The van der Waals surface area contributed by atoms with Crippen molar-refractivity contribution in [3.8, 4) is 0 Å². The molecule has 0 aromatic carbocycles. The van der Waals surface area contributed by atoms with Gasteiger partial charge in [0.2, 0.25) is 0 Å². The average molecular weight is 324 g/mol. The van der Waals surface area contributed by atoms with Gasteiger partial charge in [0.05, 0.1) is 32.9 Å². The Balaban J connectivity index is 3.66. The molecule has 0 bridgehead atoms. The summed E-state index contributed by atoms with van der Waals surface area (Å²) in [4.78, 5) is 2.25. The zero-order chi connectivity index (χ0) is 16.4. The van der Waals surface area contributed by atoms with Gasteiger partial charge >= 0.3 is 0 Å². The van der Waals surface area contributed by atoms with E-state index in [1.807, 2.05) is 0 Å². The fourth-order valence-corrected chi connectivity index (χ4v) is 3.02. The Bertz CT molecular complexity index is 356. The molecule has 0 aliphatic heterocycles. The Morgan fingerprint density at radius 1 is 0.952 bits per heavy atom. The van der Waals surface area contributed by atoms with Gasteiger partial charge in [-0.05, 0) is 39.3 Å². The van der Waals surface area contributed by atoms with Crippen LogP contribution in [0.15, 0.2) is 0 Å². The summed E-state index contributed by atoms with van der Waals surface area (Å²) in [6.45, 7) is 6.59. The van der Waals surface area contributed by atoms with Gasteiger partial charge < -0.3 is 9.38 Å². The maximum Gasteiger partial charge on any atom is 0.264 e. The summed E-state index contributed by atoms with van der Waals surface area (Å²) in [5, 5.41) is 0. The Kier molecular flexibility index (Phi) is 10.5. The lowest BCUT2D eigenvalue weighted by atomic mass is 10.2. The van der Waals surface area contributed by atoms with Crippen LogP contribution in [0.5, 0.6) is 0 Å². The smallest absolute Gasteiger partial charge is 0.264 e. The van der Waals surface area contributed by atoms with Crippen molar-refractivity contribution in [1.29, 1.82) is 0 Å². The Hall–Kier alpha value is -0.170. The van der Waals surface area contributed by atoms with Gasteiger partial charge in [-0.15, -0.1) is 0 Å². The molecular weight excluding hydrogens is 288 g/mol. The standard InChI is InChI=1S/C15H34N2O3S/c1-5-6-8-13-17(3,4)14-10-12-16(2)11-7-9-15-21(18,19)20/h5-15H2,1-4H3/p+1. The molecule has 128 valence electrons. The molecule has 0 amide bonds. The number of unbranched alkanes of at least 4 members (excludes halogenated alkanes) is 3. The lowest BCUT2D eigenvalue weighted by Gasteiger charge is -2.30. The van der Waals surface area contributed by atoms with E-state index in [0.29, 0.717) is 6.42 Å². The van der Waals surface area contributed by atoms with E-state index in [2.05, 4.69) is 33.0 Å². The third kappa shape index (κ3) is 14.5. The van der Waals surface area contributed by atoms with Crippen LogP contribution in [0.4, 0.5) is 0 Å². The number of hydrogen-bond donors (Lipinski definition) is 1. The van der Waals surface area contributed by atoms with Crippen molar-refractivity contribution in [2.24, 2.45) is 0 Å². The molecule has 6 heteroatoms. The van der Waals surface area contributed by atoms with E-state index in [4.69, 9.17) is 4.55 Å². The highest BCUT2D eigenvalue weighted by atomic mass is 32.2. The van der Waals surface area contributed by atoms with Crippen LogP contribution < -0.4 is 0 Å². The number of rotatable bonds is 13. The predicted molar refractivity (Wildman–Crippen MR) is 89.1 cm³/mol. The molecule has 0 aromatic heterocycles. The van der Waals surface area contributed by atoms with Crippen molar-refractivity contribution in [3.05, 3.63) is 0 Å².